The lowest BCUT2D eigenvalue weighted by molar-refractivity contribution is 0.437. The van der Waals surface area contributed by atoms with Crippen LogP contribution in [0.15, 0.2) is 434 Å². The summed E-state index contributed by atoms with van der Waals surface area (Å²) in [6.45, 7) is 0. The van der Waals surface area contributed by atoms with Crippen molar-refractivity contribution in [3.8, 4) is 103 Å². The number of ether oxygens (including phenoxy) is 1. The molecule has 4 aliphatic rings. The van der Waals surface area contributed by atoms with Crippen molar-refractivity contribution in [2.75, 3.05) is 0 Å². The van der Waals surface area contributed by atoms with E-state index in [0.29, 0.717) is 35.2 Å². The van der Waals surface area contributed by atoms with Crippen LogP contribution in [0.4, 0.5) is 0 Å². The molecule has 2 spiro atoms. The molecule has 0 fully saturated rings. The molecular weight excluding hydrogens is 1580 g/mol. The van der Waals surface area contributed by atoms with Gasteiger partial charge < -0.3 is 13.9 Å². The van der Waals surface area contributed by atoms with E-state index in [9.17, 15) is 0 Å². The Hall–Kier alpha value is -16.7. The van der Waals surface area contributed by atoms with Crippen molar-refractivity contribution in [2.45, 2.75) is 20.6 Å². The van der Waals surface area contributed by atoms with E-state index in [-0.39, 0.29) is 0 Å². The average molecular weight is 1650 g/mol. The first-order valence-corrected chi connectivity index (χ1v) is 44.2. The topological polar surface area (TPSA) is 106 Å². The van der Waals surface area contributed by atoms with Crippen molar-refractivity contribution < 1.29 is 4.74 Å². The molecule has 128 heavy (non-hydrogen) atoms. The summed E-state index contributed by atoms with van der Waals surface area (Å²) in [5, 5.41) is 9.43. The van der Waals surface area contributed by atoms with Gasteiger partial charge in [-0.15, -0.1) is 0 Å². The number of aromatic nitrogens is 10. The normalized spacial score (nSPS) is 14.8. The maximum absolute atomic E-state index is 7.35. The molecular formula is C116H70N10OS. The van der Waals surface area contributed by atoms with E-state index in [1.54, 1.807) is 0 Å². The van der Waals surface area contributed by atoms with Crippen LogP contribution in [-0.4, -0.2) is 48.2 Å². The number of fused-ring (bicyclic) bond motifs is 29. The number of hydrogen-bond donors (Lipinski definition) is 0. The zero-order chi connectivity index (χ0) is 83.9. The Morgan fingerprint density at radius 3 is 1.06 bits per heavy atom. The van der Waals surface area contributed by atoms with Crippen molar-refractivity contribution >= 4 is 99.0 Å². The zero-order valence-electron chi connectivity index (χ0n) is 68.7. The molecule has 18 aromatic carbocycles. The Morgan fingerprint density at radius 2 is 0.555 bits per heavy atom. The van der Waals surface area contributed by atoms with Crippen LogP contribution < -0.4 is 4.74 Å². The van der Waals surface area contributed by atoms with Gasteiger partial charge in [-0.3, -0.25) is 9.13 Å². The summed E-state index contributed by atoms with van der Waals surface area (Å²) >= 11 is 1.86. The summed E-state index contributed by atoms with van der Waals surface area (Å²) in [7, 11) is 0. The molecule has 28 rings (SSSR count). The van der Waals surface area contributed by atoms with Gasteiger partial charge in [0, 0.05) is 86.3 Å². The van der Waals surface area contributed by atoms with Gasteiger partial charge in [0.15, 0.2) is 29.0 Å². The zero-order valence-corrected chi connectivity index (χ0v) is 69.5. The first-order chi connectivity index (χ1) is 63.5. The summed E-state index contributed by atoms with van der Waals surface area (Å²) in [5.74, 6) is 5.11. The Bertz CT molecular complexity index is 8760. The molecule has 0 radical (unpaired) electrons. The number of rotatable bonds is 8. The van der Waals surface area contributed by atoms with Gasteiger partial charge in [-0.1, -0.05) is 376 Å². The molecule has 4 aliphatic heterocycles. The van der Waals surface area contributed by atoms with Gasteiger partial charge in [-0.05, 0) is 116 Å². The maximum atomic E-state index is 7.35. The quantitative estimate of drug-likeness (QED) is 0.148. The van der Waals surface area contributed by atoms with Crippen LogP contribution in [0.2, 0.25) is 0 Å². The molecule has 0 saturated heterocycles. The molecule has 0 amide bonds. The summed E-state index contributed by atoms with van der Waals surface area (Å²) in [6.07, 6.45) is 0. The molecule has 596 valence electrons. The highest BCUT2D eigenvalue weighted by Crippen LogP contribution is 2.64. The lowest BCUT2D eigenvalue weighted by Gasteiger charge is -2.45. The highest BCUT2D eigenvalue weighted by Gasteiger charge is 2.53. The molecule has 11 nitrogen and oxygen atoms in total. The van der Waals surface area contributed by atoms with Gasteiger partial charge in [-0.25, -0.2) is 9.97 Å². The van der Waals surface area contributed by atoms with E-state index >= 15 is 0 Å². The molecule has 0 saturated carbocycles. The molecule has 0 aliphatic carbocycles. The van der Waals surface area contributed by atoms with Crippen LogP contribution in [0.1, 0.15) is 44.5 Å². The minimum atomic E-state index is -0.736. The molecule has 10 heterocycles. The van der Waals surface area contributed by atoms with Crippen LogP contribution >= 0.6 is 11.8 Å². The number of para-hydroxylation sites is 9. The standard InChI is InChI=1S/C58H35N5O.C58H35N5S/c1-3-16-36(17-4-1)37-30-32-39(33-31-37)56-59-55(38-18-5-2-6-19-38)60-57(61-56)63-49-27-12-8-21-41(49)43-34-35-47-54(53(43)63)64-51-29-14-10-24-45(51)58(47)44-23-9-13-28-50(44)62-48-26-11-7-20-40(48)42-22-15-25-46(58)52(42)62;1-3-16-36(17-4-1)37-30-32-39(33-31-37)56-59-55(38-18-5-2-6-19-38)60-57(61-56)63-49-27-12-8-21-41(49)43-34-47-53(35-51(43)63)64-52-29-14-10-24-45(52)58(47)44-23-9-13-28-50(44)62-48-26-11-7-20-40(48)42-22-15-25-46(58)54(42)62/h2*1-35H. The van der Waals surface area contributed by atoms with Crippen molar-refractivity contribution in [2.24, 2.45) is 0 Å². The van der Waals surface area contributed by atoms with E-state index in [1.807, 2.05) is 60.3 Å². The lowest BCUT2D eigenvalue weighted by atomic mass is 9.61. The van der Waals surface area contributed by atoms with E-state index < -0.39 is 10.8 Å². The first kappa shape index (κ1) is 71.9. The highest BCUT2D eigenvalue weighted by atomic mass is 32.2. The molecule has 24 aromatic rings. The fourth-order valence-corrected chi connectivity index (χ4v) is 22.7. The predicted octanol–water partition coefficient (Wildman–Crippen LogP) is 28.1. The van der Waals surface area contributed by atoms with E-state index in [1.165, 1.54) is 98.0 Å². The molecule has 0 N–H and O–H groups in total. The van der Waals surface area contributed by atoms with Crippen molar-refractivity contribution in [1.82, 2.24) is 48.2 Å². The highest BCUT2D eigenvalue weighted by molar-refractivity contribution is 7.99. The lowest BCUT2D eigenvalue weighted by Crippen LogP contribution is -2.37. The third-order valence-electron chi connectivity index (χ3n) is 26.9. The van der Waals surface area contributed by atoms with Crippen LogP contribution in [0.5, 0.6) is 11.5 Å². The summed E-state index contributed by atoms with van der Waals surface area (Å²) in [6, 6.07) is 152. The van der Waals surface area contributed by atoms with Gasteiger partial charge in [-0.2, -0.15) is 19.9 Å². The summed E-state index contributed by atoms with van der Waals surface area (Å²) in [4.78, 5) is 34.1. The largest absolute Gasteiger partial charge is 0.454 e. The fourth-order valence-electron chi connectivity index (χ4n) is 21.5. The summed E-state index contributed by atoms with van der Waals surface area (Å²) in [5.41, 5.74) is 27.9. The van der Waals surface area contributed by atoms with Gasteiger partial charge in [0.1, 0.15) is 11.3 Å². The van der Waals surface area contributed by atoms with E-state index in [4.69, 9.17) is 34.6 Å². The number of benzene rings is 18. The second kappa shape index (κ2) is 27.9. The van der Waals surface area contributed by atoms with Crippen molar-refractivity contribution in [1.29, 1.82) is 0 Å². The molecule has 12 heteroatoms. The molecule has 2 unspecified atom stereocenters. The Labute approximate surface area is 739 Å². The second-order valence-electron chi connectivity index (χ2n) is 33.4. The van der Waals surface area contributed by atoms with Crippen LogP contribution in [0.3, 0.4) is 0 Å². The Balaban J connectivity index is 0.000000132. The van der Waals surface area contributed by atoms with Crippen LogP contribution in [0.25, 0.3) is 178 Å². The van der Waals surface area contributed by atoms with Crippen LogP contribution in [0, 0.1) is 0 Å². The smallest absolute Gasteiger partial charge is 0.238 e. The minimum Gasteiger partial charge on any atom is -0.454 e. The van der Waals surface area contributed by atoms with Gasteiger partial charge in [0.05, 0.1) is 60.8 Å². The fraction of sp³-hybridized carbons (Fsp3) is 0.0172. The van der Waals surface area contributed by atoms with E-state index in [2.05, 4.69) is 394 Å². The molecule has 2 atom stereocenters. The van der Waals surface area contributed by atoms with Gasteiger partial charge in [0.2, 0.25) is 11.9 Å². The number of nitrogens with zero attached hydrogens (tertiary/aromatic N) is 10. The second-order valence-corrected chi connectivity index (χ2v) is 34.5. The average Bonchev–Trinajstić information content (AvgIpc) is 1.53. The first-order valence-electron chi connectivity index (χ1n) is 43.4. The minimum absolute atomic E-state index is 0.512. The SMILES string of the molecule is c1ccc(-c2ccc(-c3nc(-c4ccccc4)nc(-n4c5ccccc5c5cc6c(cc54)Sc4ccccc4C64c5ccccc5-n5c6ccccc6c6cccc4c65)n3)cc2)cc1.c1ccc(-c2ccc(-c3nc(-c4ccccc4)nc(-n4c5ccccc5c5ccc6c(c54)Oc4ccccc4C64c5ccccc5-n5c6ccccc6c6cccc4c65)n3)cc2)cc1. The van der Waals surface area contributed by atoms with E-state index in [0.717, 1.165) is 111 Å². The molecule has 6 aromatic heterocycles. The Morgan fingerprint density at radius 1 is 0.203 bits per heavy atom. The molecule has 0 bridgehead atoms. The summed E-state index contributed by atoms with van der Waals surface area (Å²) < 4.78 is 16.8. The maximum Gasteiger partial charge on any atom is 0.238 e. The van der Waals surface area contributed by atoms with Crippen LogP contribution in [-0.2, 0) is 10.8 Å². The third-order valence-corrected chi connectivity index (χ3v) is 28.0. The number of hydrogen-bond acceptors (Lipinski definition) is 8. The van der Waals surface area contributed by atoms with Gasteiger partial charge in [0.25, 0.3) is 0 Å². The monoisotopic (exact) mass is 1650 g/mol. The third kappa shape index (κ3) is 10.3. The van der Waals surface area contributed by atoms with Crippen molar-refractivity contribution in [3.63, 3.8) is 0 Å². The van der Waals surface area contributed by atoms with Gasteiger partial charge >= 0.3 is 0 Å². The Kier molecular flexibility index (Phi) is 15.7. The predicted molar refractivity (Wildman–Crippen MR) is 518 cm³/mol. The van der Waals surface area contributed by atoms with Crippen molar-refractivity contribution in [3.05, 3.63) is 469 Å².